The molecule has 0 saturated carbocycles. The van der Waals surface area contributed by atoms with Gasteiger partial charge in [0.1, 0.15) is 6.04 Å². The molecule has 2 aromatic heterocycles. The summed E-state index contributed by atoms with van der Waals surface area (Å²) in [6, 6.07) is 8.16. The SMILES string of the molecule is CC[C@H](C)[C@@H](NC(=O)c1ccc2nc(-n3cccc3)sc2c1)C(=O)O. The number of nitrogens with one attached hydrogen (secondary N) is 1. The van der Waals surface area contributed by atoms with E-state index in [0.717, 1.165) is 15.3 Å². The van der Waals surface area contributed by atoms with E-state index < -0.39 is 12.0 Å². The number of nitrogens with zero attached hydrogens (tertiary/aromatic N) is 2. The minimum Gasteiger partial charge on any atom is -0.480 e. The first kappa shape index (κ1) is 17.2. The predicted octanol–water partition coefficient (Wildman–Crippen LogP) is 3.32. The van der Waals surface area contributed by atoms with Crippen LogP contribution < -0.4 is 5.32 Å². The molecule has 0 bridgehead atoms. The fourth-order valence-electron chi connectivity index (χ4n) is 2.53. The Labute approximate surface area is 149 Å². The average Bonchev–Trinajstić information content (AvgIpc) is 3.26. The average molecular weight is 357 g/mol. The number of carboxylic acid groups (broad SMARTS) is 1. The Morgan fingerprint density at radius 2 is 2.04 bits per heavy atom. The van der Waals surface area contributed by atoms with Crippen molar-refractivity contribution in [3.8, 4) is 5.13 Å². The van der Waals surface area contributed by atoms with Crippen molar-refractivity contribution in [2.45, 2.75) is 26.3 Å². The summed E-state index contributed by atoms with van der Waals surface area (Å²) in [4.78, 5) is 28.4. The first-order chi connectivity index (χ1) is 12.0. The first-order valence-electron chi connectivity index (χ1n) is 8.07. The molecule has 2 N–H and O–H groups in total. The highest BCUT2D eigenvalue weighted by Crippen LogP contribution is 2.26. The number of hydrogen-bond donors (Lipinski definition) is 2. The minimum atomic E-state index is -1.02. The second-order valence-electron chi connectivity index (χ2n) is 5.94. The molecule has 0 aliphatic heterocycles. The van der Waals surface area contributed by atoms with Crippen LogP contribution in [0, 0.1) is 5.92 Å². The lowest BCUT2D eigenvalue weighted by molar-refractivity contribution is -0.140. The molecule has 130 valence electrons. The molecule has 7 heteroatoms. The predicted molar refractivity (Wildman–Crippen MR) is 97.3 cm³/mol. The van der Waals surface area contributed by atoms with Crippen LogP contribution in [0.3, 0.4) is 0 Å². The number of carbonyl (C=O) groups excluding carboxylic acids is 1. The summed E-state index contributed by atoms with van der Waals surface area (Å²) >= 11 is 1.48. The zero-order valence-corrected chi connectivity index (χ0v) is 14.8. The van der Waals surface area contributed by atoms with Crippen LogP contribution in [0.5, 0.6) is 0 Å². The monoisotopic (exact) mass is 357 g/mol. The molecule has 0 spiro atoms. The number of benzene rings is 1. The number of hydrogen-bond acceptors (Lipinski definition) is 4. The van der Waals surface area contributed by atoms with Gasteiger partial charge in [0.25, 0.3) is 5.91 Å². The van der Waals surface area contributed by atoms with Crippen LogP contribution in [0.1, 0.15) is 30.6 Å². The van der Waals surface area contributed by atoms with Gasteiger partial charge in [-0.1, -0.05) is 31.6 Å². The number of fused-ring (bicyclic) bond motifs is 1. The summed E-state index contributed by atoms with van der Waals surface area (Å²) in [6.07, 6.45) is 4.50. The lowest BCUT2D eigenvalue weighted by Crippen LogP contribution is -2.45. The molecule has 0 aliphatic carbocycles. The Morgan fingerprint density at radius 1 is 1.32 bits per heavy atom. The molecule has 0 saturated heterocycles. The van der Waals surface area contributed by atoms with Crippen LogP contribution in [-0.4, -0.2) is 32.6 Å². The van der Waals surface area contributed by atoms with Gasteiger partial charge in [0, 0.05) is 18.0 Å². The second-order valence-corrected chi connectivity index (χ2v) is 6.95. The third-order valence-corrected chi connectivity index (χ3v) is 5.26. The van der Waals surface area contributed by atoms with Crippen LogP contribution in [0.2, 0.25) is 0 Å². The Balaban J connectivity index is 1.85. The third kappa shape index (κ3) is 3.56. The molecule has 0 radical (unpaired) electrons. The number of rotatable bonds is 6. The van der Waals surface area contributed by atoms with Gasteiger partial charge in [-0.15, -0.1) is 0 Å². The van der Waals surface area contributed by atoms with Gasteiger partial charge in [-0.05, 0) is 36.2 Å². The molecule has 1 amide bonds. The number of aliphatic carboxylic acids is 1. The van der Waals surface area contributed by atoms with Crippen LogP contribution in [0.4, 0.5) is 0 Å². The number of aromatic nitrogens is 2. The topological polar surface area (TPSA) is 84.2 Å². The molecule has 2 atom stereocenters. The molecular weight excluding hydrogens is 338 g/mol. The van der Waals surface area contributed by atoms with E-state index >= 15 is 0 Å². The fourth-order valence-corrected chi connectivity index (χ4v) is 3.51. The van der Waals surface area contributed by atoms with Crippen LogP contribution in [0.15, 0.2) is 42.7 Å². The fraction of sp³-hybridized carbons (Fsp3) is 0.278. The van der Waals surface area contributed by atoms with Gasteiger partial charge in [-0.2, -0.15) is 0 Å². The Hall–Kier alpha value is -2.67. The molecule has 0 fully saturated rings. The normalized spacial score (nSPS) is 13.5. The summed E-state index contributed by atoms with van der Waals surface area (Å²) < 4.78 is 2.79. The summed E-state index contributed by atoms with van der Waals surface area (Å²) in [6.45, 7) is 3.72. The van der Waals surface area contributed by atoms with Crippen molar-refractivity contribution < 1.29 is 14.7 Å². The Morgan fingerprint density at radius 3 is 2.68 bits per heavy atom. The minimum absolute atomic E-state index is 0.145. The molecule has 0 unspecified atom stereocenters. The van der Waals surface area contributed by atoms with E-state index in [0.29, 0.717) is 12.0 Å². The molecule has 0 aliphatic rings. The van der Waals surface area contributed by atoms with Gasteiger partial charge >= 0.3 is 5.97 Å². The summed E-state index contributed by atoms with van der Waals surface area (Å²) in [5.74, 6) is -1.55. The van der Waals surface area contributed by atoms with Crippen molar-refractivity contribution in [3.05, 3.63) is 48.3 Å². The highest BCUT2D eigenvalue weighted by atomic mass is 32.1. The standard InChI is InChI=1S/C18H19N3O3S/c1-3-11(2)15(17(23)24)20-16(22)12-6-7-13-14(10-12)25-18(19-13)21-8-4-5-9-21/h4-11,15H,3H2,1-2H3,(H,20,22)(H,23,24)/t11-,15+/m0/s1. The van der Waals surface area contributed by atoms with Gasteiger partial charge in [-0.3, -0.25) is 4.79 Å². The molecule has 25 heavy (non-hydrogen) atoms. The zero-order valence-electron chi connectivity index (χ0n) is 14.0. The zero-order chi connectivity index (χ0) is 18.0. The number of thiazole rings is 1. The Kier molecular flexibility index (Phi) is 4.85. The highest BCUT2D eigenvalue weighted by Gasteiger charge is 2.25. The third-order valence-electron chi connectivity index (χ3n) is 4.23. The van der Waals surface area contributed by atoms with Gasteiger partial charge in [0.05, 0.1) is 10.2 Å². The van der Waals surface area contributed by atoms with Crippen LogP contribution in [-0.2, 0) is 4.79 Å². The van der Waals surface area contributed by atoms with Gasteiger partial charge < -0.3 is 15.0 Å². The van der Waals surface area contributed by atoms with Crippen molar-refractivity contribution in [3.63, 3.8) is 0 Å². The highest BCUT2D eigenvalue weighted by molar-refractivity contribution is 7.20. The smallest absolute Gasteiger partial charge is 0.326 e. The maximum absolute atomic E-state index is 12.5. The van der Waals surface area contributed by atoms with Crippen molar-refractivity contribution in [1.29, 1.82) is 0 Å². The summed E-state index contributed by atoms with van der Waals surface area (Å²) in [5.41, 5.74) is 1.24. The molecule has 3 aromatic rings. The lowest BCUT2D eigenvalue weighted by Gasteiger charge is -2.20. The molecule has 2 heterocycles. The number of carbonyl (C=O) groups is 2. The van der Waals surface area contributed by atoms with E-state index in [-0.39, 0.29) is 11.8 Å². The maximum Gasteiger partial charge on any atom is 0.326 e. The van der Waals surface area contributed by atoms with E-state index in [1.165, 1.54) is 11.3 Å². The Bertz CT molecular complexity index is 902. The van der Waals surface area contributed by atoms with E-state index in [9.17, 15) is 14.7 Å². The second kappa shape index (κ2) is 7.06. The lowest BCUT2D eigenvalue weighted by atomic mass is 9.99. The van der Waals surface area contributed by atoms with Crippen molar-refractivity contribution in [2.24, 2.45) is 5.92 Å². The van der Waals surface area contributed by atoms with E-state index in [1.54, 1.807) is 18.2 Å². The number of amides is 1. The van der Waals surface area contributed by atoms with E-state index in [4.69, 9.17) is 0 Å². The van der Waals surface area contributed by atoms with Crippen molar-refractivity contribution in [1.82, 2.24) is 14.9 Å². The maximum atomic E-state index is 12.5. The first-order valence-corrected chi connectivity index (χ1v) is 8.89. The molecule has 3 rings (SSSR count). The molecule has 6 nitrogen and oxygen atoms in total. The summed E-state index contributed by atoms with van der Waals surface area (Å²) in [7, 11) is 0. The summed E-state index contributed by atoms with van der Waals surface area (Å²) in [5, 5.41) is 12.8. The van der Waals surface area contributed by atoms with Gasteiger partial charge in [0.2, 0.25) is 0 Å². The quantitative estimate of drug-likeness (QED) is 0.709. The van der Waals surface area contributed by atoms with Crippen LogP contribution in [0.25, 0.3) is 15.3 Å². The molecular formula is C18H19N3O3S. The van der Waals surface area contributed by atoms with Crippen molar-refractivity contribution >= 4 is 33.4 Å². The van der Waals surface area contributed by atoms with E-state index in [1.807, 2.05) is 42.9 Å². The largest absolute Gasteiger partial charge is 0.480 e. The molecule has 1 aromatic carbocycles. The number of carboxylic acids is 1. The van der Waals surface area contributed by atoms with E-state index in [2.05, 4.69) is 10.3 Å². The van der Waals surface area contributed by atoms with Gasteiger partial charge in [0.15, 0.2) is 5.13 Å². The van der Waals surface area contributed by atoms with Gasteiger partial charge in [-0.25, -0.2) is 9.78 Å². The van der Waals surface area contributed by atoms with Crippen molar-refractivity contribution in [2.75, 3.05) is 0 Å². The van der Waals surface area contributed by atoms with Crippen LogP contribution >= 0.6 is 11.3 Å².